The maximum absolute atomic E-state index is 13.3. The fraction of sp³-hybridized carbons (Fsp3) is 0. The lowest BCUT2D eigenvalue weighted by Crippen LogP contribution is -2.18. The number of halogens is 1. The highest BCUT2D eigenvalue weighted by molar-refractivity contribution is 7.89. The molecule has 0 aliphatic heterocycles. The summed E-state index contributed by atoms with van der Waals surface area (Å²) in [5.41, 5.74) is -0.734. The topological polar surface area (TPSA) is 135 Å². The van der Waals surface area contributed by atoms with Gasteiger partial charge in [-0.1, -0.05) is 0 Å². The average Bonchev–Trinajstić information content (AvgIpc) is 2.37. The van der Waals surface area contributed by atoms with Gasteiger partial charge in [0.15, 0.2) is 0 Å². The van der Waals surface area contributed by atoms with Crippen LogP contribution in [-0.4, -0.2) is 24.3 Å². The van der Waals surface area contributed by atoms with Crippen LogP contribution >= 0.6 is 0 Å². The van der Waals surface area contributed by atoms with Crippen molar-refractivity contribution >= 4 is 21.6 Å². The Morgan fingerprint density at radius 2 is 2.05 bits per heavy atom. The first kappa shape index (κ1) is 14.8. The maximum atomic E-state index is 13.3. The molecule has 0 spiro atoms. The number of carbonyl (C=O) groups is 1. The smallest absolute Gasteiger partial charge is 0.275 e. The molecule has 0 bridgehead atoms. The zero-order chi connectivity index (χ0) is 15.6. The first-order chi connectivity index (χ1) is 9.75. The lowest BCUT2D eigenvalue weighted by atomic mass is 10.3. The van der Waals surface area contributed by atoms with Crippen molar-refractivity contribution in [3.8, 4) is 0 Å². The number of hydrogen-bond acceptors (Lipinski definition) is 5. The average molecular weight is 312 g/mol. The number of aromatic nitrogens is 2. The van der Waals surface area contributed by atoms with Crippen molar-refractivity contribution < 1.29 is 17.6 Å². The van der Waals surface area contributed by atoms with E-state index in [1.165, 1.54) is 0 Å². The SMILES string of the molecule is NS(=O)(=O)c1cc(F)cc(NC(=O)c2c[nH]c(=O)cn2)c1. The summed E-state index contributed by atoms with van der Waals surface area (Å²) < 4.78 is 35.7. The molecule has 1 aromatic heterocycles. The molecule has 0 aliphatic carbocycles. The Hall–Kier alpha value is -2.59. The van der Waals surface area contributed by atoms with E-state index in [1.54, 1.807) is 0 Å². The number of amides is 1. The van der Waals surface area contributed by atoms with E-state index >= 15 is 0 Å². The van der Waals surface area contributed by atoms with E-state index in [0.717, 1.165) is 30.6 Å². The molecule has 10 heteroatoms. The van der Waals surface area contributed by atoms with Crippen LogP contribution in [0.3, 0.4) is 0 Å². The van der Waals surface area contributed by atoms with Gasteiger partial charge in [0, 0.05) is 11.9 Å². The van der Waals surface area contributed by atoms with Gasteiger partial charge in [-0.3, -0.25) is 9.59 Å². The fourth-order valence-electron chi connectivity index (χ4n) is 1.46. The van der Waals surface area contributed by atoms with Crippen LogP contribution in [0, 0.1) is 5.82 Å². The summed E-state index contributed by atoms with van der Waals surface area (Å²) in [7, 11) is -4.11. The van der Waals surface area contributed by atoms with E-state index in [9.17, 15) is 22.4 Å². The summed E-state index contributed by atoms with van der Waals surface area (Å²) in [6.07, 6.45) is 1.97. The molecule has 1 aromatic carbocycles. The highest BCUT2D eigenvalue weighted by Gasteiger charge is 2.13. The van der Waals surface area contributed by atoms with E-state index in [2.05, 4.69) is 15.3 Å². The molecule has 0 saturated heterocycles. The van der Waals surface area contributed by atoms with Crippen LogP contribution in [0.15, 0.2) is 40.3 Å². The van der Waals surface area contributed by atoms with Crippen LogP contribution in [0.5, 0.6) is 0 Å². The van der Waals surface area contributed by atoms with Gasteiger partial charge in [-0.25, -0.2) is 22.9 Å². The number of aromatic amines is 1. The second-order valence-corrected chi connectivity index (χ2v) is 5.53. The third-order valence-corrected chi connectivity index (χ3v) is 3.26. The van der Waals surface area contributed by atoms with Crippen molar-refractivity contribution in [2.45, 2.75) is 4.90 Å². The zero-order valence-corrected chi connectivity index (χ0v) is 11.1. The van der Waals surface area contributed by atoms with Crippen molar-refractivity contribution in [2.24, 2.45) is 5.14 Å². The second-order valence-electron chi connectivity index (χ2n) is 3.97. The number of hydrogen-bond donors (Lipinski definition) is 3. The van der Waals surface area contributed by atoms with E-state index in [4.69, 9.17) is 5.14 Å². The van der Waals surface area contributed by atoms with Crippen LogP contribution < -0.4 is 16.0 Å². The number of primary sulfonamides is 1. The zero-order valence-electron chi connectivity index (χ0n) is 10.3. The minimum Gasteiger partial charge on any atom is -0.325 e. The van der Waals surface area contributed by atoms with Gasteiger partial charge >= 0.3 is 0 Å². The minimum atomic E-state index is -4.11. The molecule has 21 heavy (non-hydrogen) atoms. The van der Waals surface area contributed by atoms with Gasteiger partial charge in [0.05, 0.1) is 11.1 Å². The first-order valence-electron chi connectivity index (χ1n) is 5.45. The van der Waals surface area contributed by atoms with Crippen LogP contribution in [0.2, 0.25) is 0 Å². The van der Waals surface area contributed by atoms with Gasteiger partial charge in [0.2, 0.25) is 10.0 Å². The number of nitrogens with zero attached hydrogens (tertiary/aromatic N) is 1. The molecular weight excluding hydrogens is 303 g/mol. The Kier molecular flexibility index (Phi) is 3.82. The van der Waals surface area contributed by atoms with Crippen LogP contribution in [0.4, 0.5) is 10.1 Å². The molecule has 110 valence electrons. The highest BCUT2D eigenvalue weighted by Crippen LogP contribution is 2.17. The molecule has 0 unspecified atom stereocenters. The summed E-state index contributed by atoms with van der Waals surface area (Å²) >= 11 is 0. The number of carbonyl (C=O) groups excluding carboxylic acids is 1. The Morgan fingerprint density at radius 1 is 1.33 bits per heavy atom. The molecule has 0 fully saturated rings. The van der Waals surface area contributed by atoms with Gasteiger partial charge in [0.25, 0.3) is 11.5 Å². The first-order valence-corrected chi connectivity index (χ1v) is 7.00. The van der Waals surface area contributed by atoms with Crippen molar-refractivity contribution in [3.63, 3.8) is 0 Å². The summed E-state index contributed by atoms with van der Waals surface area (Å²) in [4.78, 5) is 28.0. The molecule has 8 nitrogen and oxygen atoms in total. The van der Waals surface area contributed by atoms with Crippen molar-refractivity contribution in [1.29, 1.82) is 0 Å². The summed E-state index contributed by atoms with van der Waals surface area (Å²) in [6, 6.07) is 2.64. The summed E-state index contributed by atoms with van der Waals surface area (Å²) in [6.45, 7) is 0. The number of H-pyrrole nitrogens is 1. The Labute approximate surface area is 117 Å². The predicted octanol–water partition coefficient (Wildman–Crippen LogP) is -0.191. The third kappa shape index (κ3) is 3.70. The fourth-order valence-corrected chi connectivity index (χ4v) is 2.03. The molecule has 0 atom stereocenters. The molecule has 2 aromatic rings. The van der Waals surface area contributed by atoms with Crippen LogP contribution in [0.25, 0.3) is 0 Å². The lowest BCUT2D eigenvalue weighted by Gasteiger charge is -2.06. The van der Waals surface area contributed by atoms with Crippen molar-refractivity contribution in [2.75, 3.05) is 5.32 Å². The summed E-state index contributed by atoms with van der Waals surface area (Å²) in [5, 5.41) is 7.14. The van der Waals surface area contributed by atoms with Gasteiger partial charge < -0.3 is 10.3 Å². The molecule has 0 saturated carbocycles. The second kappa shape index (κ2) is 5.42. The van der Waals surface area contributed by atoms with Gasteiger partial charge in [-0.2, -0.15) is 0 Å². The van der Waals surface area contributed by atoms with Crippen molar-refractivity contribution in [3.05, 3.63) is 52.5 Å². The molecule has 0 radical (unpaired) electrons. The highest BCUT2D eigenvalue weighted by atomic mass is 32.2. The van der Waals surface area contributed by atoms with Gasteiger partial charge in [-0.15, -0.1) is 0 Å². The molecule has 2 rings (SSSR count). The summed E-state index contributed by atoms with van der Waals surface area (Å²) in [5.74, 6) is -1.64. The van der Waals surface area contributed by atoms with Crippen molar-refractivity contribution in [1.82, 2.24) is 9.97 Å². The Balaban J connectivity index is 2.31. The molecule has 4 N–H and O–H groups in total. The standard InChI is InChI=1S/C11H9FN4O4S/c12-6-1-7(3-8(2-6)21(13,19)20)16-11(18)9-4-15-10(17)5-14-9/h1-5H,(H,15,17)(H,16,18)(H2,13,19,20). The molecule has 0 aliphatic rings. The number of anilines is 1. The van der Waals surface area contributed by atoms with Gasteiger partial charge in [-0.05, 0) is 18.2 Å². The number of nitrogens with one attached hydrogen (secondary N) is 2. The molecule has 1 amide bonds. The Morgan fingerprint density at radius 3 is 2.62 bits per heavy atom. The molecular formula is C11H9FN4O4S. The Bertz CT molecular complexity index is 842. The number of nitrogens with two attached hydrogens (primary N) is 1. The largest absolute Gasteiger partial charge is 0.325 e. The third-order valence-electron chi connectivity index (χ3n) is 2.36. The number of rotatable bonds is 3. The number of sulfonamides is 1. The normalized spacial score (nSPS) is 11.1. The van der Waals surface area contributed by atoms with E-state index in [0.29, 0.717) is 0 Å². The van der Waals surface area contributed by atoms with E-state index < -0.39 is 32.2 Å². The van der Waals surface area contributed by atoms with E-state index in [1.807, 2.05) is 0 Å². The number of benzene rings is 1. The van der Waals surface area contributed by atoms with Crippen LogP contribution in [-0.2, 0) is 10.0 Å². The minimum absolute atomic E-state index is 0.114. The lowest BCUT2D eigenvalue weighted by molar-refractivity contribution is 0.102. The monoisotopic (exact) mass is 312 g/mol. The van der Waals surface area contributed by atoms with Crippen LogP contribution in [0.1, 0.15) is 10.5 Å². The van der Waals surface area contributed by atoms with Gasteiger partial charge in [0.1, 0.15) is 11.5 Å². The quantitative estimate of drug-likeness (QED) is 0.722. The van der Waals surface area contributed by atoms with E-state index in [-0.39, 0.29) is 11.4 Å². The predicted molar refractivity (Wildman–Crippen MR) is 70.6 cm³/mol. The molecule has 1 heterocycles. The maximum Gasteiger partial charge on any atom is 0.275 e.